The van der Waals surface area contributed by atoms with Crippen molar-refractivity contribution in [3.8, 4) is 11.5 Å². The fourth-order valence-electron chi connectivity index (χ4n) is 2.10. The van der Waals surface area contributed by atoms with E-state index in [-0.39, 0.29) is 17.0 Å². The van der Waals surface area contributed by atoms with Gasteiger partial charge >= 0.3 is 5.97 Å². The van der Waals surface area contributed by atoms with Gasteiger partial charge in [-0.25, -0.2) is 4.79 Å². The number of carbonyl (C=O) groups excluding carboxylic acids is 1. The van der Waals surface area contributed by atoms with E-state index >= 15 is 0 Å². The molecule has 0 aromatic heterocycles. The summed E-state index contributed by atoms with van der Waals surface area (Å²) < 4.78 is 10.2. The van der Waals surface area contributed by atoms with E-state index in [9.17, 15) is 14.9 Å². The Hall–Kier alpha value is -3.09. The Morgan fingerprint density at radius 3 is 2.71 bits per heavy atom. The average molecular weight is 286 g/mol. The van der Waals surface area contributed by atoms with Crippen LogP contribution in [0, 0.1) is 10.1 Å². The lowest BCUT2D eigenvalue weighted by Gasteiger charge is -2.21. The molecular weight excluding hydrogens is 276 g/mol. The average Bonchev–Trinajstić information content (AvgIpc) is 2.50. The summed E-state index contributed by atoms with van der Waals surface area (Å²) >= 11 is 0. The van der Waals surface area contributed by atoms with Gasteiger partial charge in [0, 0.05) is 0 Å². The first-order valence-electron chi connectivity index (χ1n) is 6.05. The minimum Gasteiger partial charge on any atom is -0.465 e. The van der Waals surface area contributed by atoms with E-state index in [0.717, 1.165) is 5.69 Å². The summed E-state index contributed by atoms with van der Waals surface area (Å²) in [5.41, 5.74) is 0.702. The van der Waals surface area contributed by atoms with E-state index in [4.69, 9.17) is 4.74 Å². The Morgan fingerprint density at radius 1 is 1.24 bits per heavy atom. The number of para-hydroxylation sites is 2. The number of benzene rings is 2. The van der Waals surface area contributed by atoms with Crippen molar-refractivity contribution >= 4 is 23.0 Å². The second kappa shape index (κ2) is 4.78. The predicted molar refractivity (Wildman–Crippen MR) is 74.2 cm³/mol. The number of methoxy groups -OCH3 is 1. The van der Waals surface area contributed by atoms with Gasteiger partial charge in [0.15, 0.2) is 11.5 Å². The SMILES string of the molecule is COC(=O)c1cc2c(cc1[N+](=O)[O-])Oc1ccccc1N2. The first-order valence-corrected chi connectivity index (χ1v) is 6.05. The third-order valence-electron chi connectivity index (χ3n) is 3.08. The van der Waals surface area contributed by atoms with Crippen LogP contribution in [0.5, 0.6) is 11.5 Å². The van der Waals surface area contributed by atoms with Crippen molar-refractivity contribution < 1.29 is 19.2 Å². The molecule has 3 rings (SSSR count). The quantitative estimate of drug-likeness (QED) is 0.442. The first-order chi connectivity index (χ1) is 10.1. The van der Waals surface area contributed by atoms with Crippen molar-refractivity contribution in [2.75, 3.05) is 12.4 Å². The van der Waals surface area contributed by atoms with Crippen LogP contribution in [0.1, 0.15) is 10.4 Å². The second-order valence-corrected chi connectivity index (χ2v) is 4.34. The molecule has 7 heteroatoms. The van der Waals surface area contributed by atoms with Crippen LogP contribution in [-0.2, 0) is 4.74 Å². The summed E-state index contributed by atoms with van der Waals surface area (Å²) in [6.45, 7) is 0. The molecule has 0 fully saturated rings. The molecule has 0 saturated carbocycles. The zero-order valence-electron chi connectivity index (χ0n) is 11.0. The summed E-state index contributed by atoms with van der Waals surface area (Å²) in [7, 11) is 1.17. The van der Waals surface area contributed by atoms with Gasteiger partial charge in [-0.05, 0) is 18.2 Å². The molecule has 1 N–H and O–H groups in total. The molecule has 1 heterocycles. The van der Waals surface area contributed by atoms with Gasteiger partial charge in [0.05, 0.1) is 29.5 Å². The molecular formula is C14H10N2O5. The van der Waals surface area contributed by atoms with Crippen LogP contribution >= 0.6 is 0 Å². The molecule has 0 unspecified atom stereocenters. The van der Waals surface area contributed by atoms with Crippen molar-refractivity contribution in [1.29, 1.82) is 0 Å². The fraction of sp³-hybridized carbons (Fsp3) is 0.0714. The second-order valence-electron chi connectivity index (χ2n) is 4.34. The minimum atomic E-state index is -0.773. The number of nitrogens with zero attached hydrogens (tertiary/aromatic N) is 1. The molecule has 21 heavy (non-hydrogen) atoms. The van der Waals surface area contributed by atoms with Crippen molar-refractivity contribution in [2.45, 2.75) is 0 Å². The number of fused-ring (bicyclic) bond motifs is 2. The summed E-state index contributed by atoms with van der Waals surface area (Å²) in [4.78, 5) is 22.1. The molecule has 0 radical (unpaired) electrons. The zero-order valence-corrected chi connectivity index (χ0v) is 11.0. The minimum absolute atomic E-state index is 0.128. The fourth-order valence-corrected chi connectivity index (χ4v) is 2.10. The third-order valence-corrected chi connectivity index (χ3v) is 3.08. The lowest BCUT2D eigenvalue weighted by Crippen LogP contribution is -2.09. The highest BCUT2D eigenvalue weighted by molar-refractivity contribution is 5.96. The maximum Gasteiger partial charge on any atom is 0.344 e. The molecule has 0 atom stereocenters. The summed E-state index contributed by atoms with van der Waals surface area (Å²) in [6.07, 6.45) is 0. The standard InChI is InChI=1S/C14H10N2O5/c1-20-14(17)8-6-10-13(7-11(8)16(18)19)21-12-5-3-2-4-9(12)15-10/h2-7,15H,1H3. The Balaban J connectivity index is 2.13. The summed E-state index contributed by atoms with van der Waals surface area (Å²) in [5, 5.41) is 14.2. The Morgan fingerprint density at radius 2 is 2.00 bits per heavy atom. The molecule has 106 valence electrons. The predicted octanol–water partition coefficient (Wildman–Crippen LogP) is 3.23. The maximum absolute atomic E-state index is 11.7. The number of rotatable bonds is 2. The van der Waals surface area contributed by atoms with Crippen LogP contribution in [-0.4, -0.2) is 18.0 Å². The highest BCUT2D eigenvalue weighted by Gasteiger charge is 2.27. The van der Waals surface area contributed by atoms with Gasteiger partial charge in [-0.2, -0.15) is 0 Å². The van der Waals surface area contributed by atoms with Gasteiger partial charge in [-0.1, -0.05) is 12.1 Å². The Labute approximate surface area is 119 Å². The van der Waals surface area contributed by atoms with Crippen molar-refractivity contribution in [3.63, 3.8) is 0 Å². The van der Waals surface area contributed by atoms with E-state index in [2.05, 4.69) is 10.1 Å². The van der Waals surface area contributed by atoms with Gasteiger partial charge < -0.3 is 14.8 Å². The molecule has 0 aliphatic carbocycles. The number of nitro benzene ring substituents is 1. The molecule has 0 saturated heterocycles. The van der Waals surface area contributed by atoms with E-state index in [1.54, 1.807) is 18.2 Å². The number of nitro groups is 1. The Bertz CT molecular complexity index is 757. The molecule has 0 spiro atoms. The summed E-state index contributed by atoms with van der Waals surface area (Å²) in [6, 6.07) is 9.73. The van der Waals surface area contributed by atoms with Crippen LogP contribution in [0.25, 0.3) is 0 Å². The lowest BCUT2D eigenvalue weighted by atomic mass is 10.1. The van der Waals surface area contributed by atoms with Gasteiger partial charge in [-0.3, -0.25) is 10.1 Å². The molecule has 7 nitrogen and oxygen atoms in total. The molecule has 1 aliphatic rings. The van der Waals surface area contributed by atoms with Gasteiger partial charge in [0.25, 0.3) is 5.69 Å². The van der Waals surface area contributed by atoms with Crippen molar-refractivity contribution in [1.82, 2.24) is 0 Å². The summed E-state index contributed by atoms with van der Waals surface area (Å²) in [5.74, 6) is 0.0725. The van der Waals surface area contributed by atoms with Gasteiger partial charge in [-0.15, -0.1) is 0 Å². The molecule has 2 aromatic carbocycles. The molecule has 0 bridgehead atoms. The highest BCUT2D eigenvalue weighted by Crippen LogP contribution is 2.44. The number of ether oxygens (including phenoxy) is 2. The van der Waals surface area contributed by atoms with Crippen molar-refractivity contribution in [2.24, 2.45) is 0 Å². The van der Waals surface area contributed by atoms with Crippen LogP contribution in [0.4, 0.5) is 17.1 Å². The number of esters is 1. The normalized spacial score (nSPS) is 11.5. The van der Waals surface area contributed by atoms with Gasteiger partial charge in [0.1, 0.15) is 5.56 Å². The Kier molecular flexibility index (Phi) is 2.94. The topological polar surface area (TPSA) is 90.7 Å². The number of hydrogen-bond acceptors (Lipinski definition) is 6. The lowest BCUT2D eigenvalue weighted by molar-refractivity contribution is -0.385. The van der Waals surface area contributed by atoms with Crippen LogP contribution < -0.4 is 10.1 Å². The largest absolute Gasteiger partial charge is 0.465 e. The zero-order chi connectivity index (χ0) is 15.0. The van der Waals surface area contributed by atoms with E-state index in [0.29, 0.717) is 11.4 Å². The van der Waals surface area contributed by atoms with E-state index in [1.807, 2.05) is 6.07 Å². The highest BCUT2D eigenvalue weighted by atomic mass is 16.6. The van der Waals surface area contributed by atoms with Crippen molar-refractivity contribution in [3.05, 3.63) is 52.1 Å². The molecule has 1 aliphatic heterocycles. The van der Waals surface area contributed by atoms with Crippen LogP contribution in [0.2, 0.25) is 0 Å². The number of hydrogen-bond donors (Lipinski definition) is 1. The first kappa shape index (κ1) is 12.9. The maximum atomic E-state index is 11.7. The van der Waals surface area contributed by atoms with E-state index < -0.39 is 10.9 Å². The van der Waals surface area contributed by atoms with Crippen LogP contribution in [0.3, 0.4) is 0 Å². The smallest absolute Gasteiger partial charge is 0.344 e. The van der Waals surface area contributed by atoms with E-state index in [1.165, 1.54) is 19.2 Å². The monoisotopic (exact) mass is 286 g/mol. The van der Waals surface area contributed by atoms with Gasteiger partial charge in [0.2, 0.25) is 0 Å². The number of anilines is 2. The number of carbonyl (C=O) groups is 1. The number of nitrogens with one attached hydrogen (secondary N) is 1. The molecule has 2 aromatic rings. The third kappa shape index (κ3) is 2.14. The van der Waals surface area contributed by atoms with Crippen LogP contribution in [0.15, 0.2) is 36.4 Å². The molecule has 0 amide bonds.